The summed E-state index contributed by atoms with van der Waals surface area (Å²) < 4.78 is 12.1. The number of aromatic nitrogens is 2. The third-order valence-electron chi connectivity index (χ3n) is 1.12. The van der Waals surface area contributed by atoms with E-state index in [1.54, 1.807) is 6.07 Å². The molecule has 0 radical (unpaired) electrons. The number of nitrogens with two attached hydrogens (primary N) is 1. The largest absolute Gasteiger partial charge is 0.368 e. The molecule has 1 rings (SSSR count). The van der Waals surface area contributed by atoms with Gasteiger partial charge in [0.25, 0.3) is 0 Å². The van der Waals surface area contributed by atoms with Gasteiger partial charge in [-0.25, -0.2) is 14.4 Å². The maximum atomic E-state index is 12.1. The van der Waals surface area contributed by atoms with Crippen LogP contribution >= 0.6 is 11.8 Å². The number of thioether (sulfide) groups is 1. The minimum Gasteiger partial charge on any atom is -0.368 e. The number of rotatable bonds is 2. The highest BCUT2D eigenvalue weighted by atomic mass is 32.2. The lowest BCUT2D eigenvalue weighted by Gasteiger charge is -1.98. The molecule has 0 saturated heterocycles. The summed E-state index contributed by atoms with van der Waals surface area (Å²) in [6.07, 6.45) is 1.85. The van der Waals surface area contributed by atoms with Crippen LogP contribution < -0.4 is 5.73 Å². The topological polar surface area (TPSA) is 51.8 Å². The summed E-state index contributed by atoms with van der Waals surface area (Å²) in [5.41, 5.74) is 5.64. The van der Waals surface area contributed by atoms with Crippen molar-refractivity contribution in [1.82, 2.24) is 9.97 Å². The van der Waals surface area contributed by atoms with Crippen molar-refractivity contribution in [3.8, 4) is 0 Å². The normalized spacial score (nSPS) is 10.0. The zero-order valence-electron chi connectivity index (χ0n) is 6.04. The first kappa shape index (κ1) is 8.26. The molecule has 0 aromatic carbocycles. The molecule has 0 unspecified atom stereocenters. The minimum absolute atomic E-state index is 0.129. The first-order chi connectivity index (χ1) is 5.26. The van der Waals surface area contributed by atoms with E-state index in [-0.39, 0.29) is 5.95 Å². The van der Waals surface area contributed by atoms with Crippen molar-refractivity contribution in [2.45, 2.75) is 11.7 Å². The highest BCUT2D eigenvalue weighted by Crippen LogP contribution is 2.13. The molecule has 0 saturated carbocycles. The minimum atomic E-state index is -0.597. The van der Waals surface area contributed by atoms with Crippen molar-refractivity contribution in [2.24, 2.45) is 0 Å². The summed E-state index contributed by atoms with van der Waals surface area (Å²) in [6, 6.07) is 1.58. The van der Waals surface area contributed by atoms with E-state index in [2.05, 4.69) is 9.97 Å². The molecule has 0 aliphatic rings. The number of alkyl halides is 1. The molecular formula is C6H8FN3S. The van der Waals surface area contributed by atoms with Gasteiger partial charge < -0.3 is 5.73 Å². The number of anilines is 1. The molecule has 2 N–H and O–H groups in total. The molecule has 0 amide bonds. The molecular weight excluding hydrogens is 165 g/mol. The predicted molar refractivity (Wildman–Crippen MR) is 43.0 cm³/mol. The van der Waals surface area contributed by atoms with E-state index in [1.165, 1.54) is 11.8 Å². The lowest BCUT2D eigenvalue weighted by molar-refractivity contribution is 0.474. The zero-order chi connectivity index (χ0) is 8.27. The Hall–Kier alpha value is -0.840. The Morgan fingerprint density at radius 3 is 2.91 bits per heavy atom. The van der Waals surface area contributed by atoms with Crippen LogP contribution in [0.3, 0.4) is 0 Å². The van der Waals surface area contributed by atoms with Crippen molar-refractivity contribution in [3.63, 3.8) is 0 Å². The molecule has 0 spiro atoms. The summed E-state index contributed by atoms with van der Waals surface area (Å²) in [5, 5.41) is 0.699. The Balaban J connectivity index is 3.02. The van der Waals surface area contributed by atoms with Gasteiger partial charge in [-0.15, -0.1) is 11.8 Å². The molecule has 1 aromatic heterocycles. The summed E-state index contributed by atoms with van der Waals surface area (Å²) >= 11 is 1.41. The quantitative estimate of drug-likeness (QED) is 0.540. The second-order valence-electron chi connectivity index (χ2n) is 1.89. The maximum absolute atomic E-state index is 12.1. The van der Waals surface area contributed by atoms with Crippen molar-refractivity contribution < 1.29 is 4.39 Å². The van der Waals surface area contributed by atoms with E-state index in [9.17, 15) is 4.39 Å². The fraction of sp³-hybridized carbons (Fsp3) is 0.333. The van der Waals surface area contributed by atoms with E-state index in [1.807, 2.05) is 6.26 Å². The van der Waals surface area contributed by atoms with Crippen LogP contribution in [0.2, 0.25) is 0 Å². The standard InChI is InChI=1S/C6H8FN3S/c1-11-5-2-4(3-7)9-6(8)10-5/h2H,3H2,1H3,(H2,8,9,10). The van der Waals surface area contributed by atoms with Gasteiger partial charge in [-0.05, 0) is 12.3 Å². The Morgan fingerprint density at radius 1 is 1.64 bits per heavy atom. The van der Waals surface area contributed by atoms with E-state index in [4.69, 9.17) is 5.73 Å². The van der Waals surface area contributed by atoms with Crippen LogP contribution in [-0.4, -0.2) is 16.2 Å². The van der Waals surface area contributed by atoms with E-state index < -0.39 is 6.67 Å². The maximum Gasteiger partial charge on any atom is 0.221 e. The highest BCUT2D eigenvalue weighted by Gasteiger charge is 1.99. The first-order valence-corrected chi connectivity index (χ1v) is 4.22. The molecule has 0 aliphatic carbocycles. The number of halogens is 1. The Kier molecular flexibility index (Phi) is 2.64. The van der Waals surface area contributed by atoms with Crippen molar-refractivity contribution in [3.05, 3.63) is 11.8 Å². The lowest BCUT2D eigenvalue weighted by atomic mass is 10.4. The molecule has 0 fully saturated rings. The molecule has 5 heteroatoms. The number of nitrogen functional groups attached to an aromatic ring is 1. The van der Waals surface area contributed by atoms with Gasteiger partial charge in [-0.3, -0.25) is 0 Å². The van der Waals surface area contributed by atoms with Gasteiger partial charge in [0.1, 0.15) is 11.7 Å². The third-order valence-corrected chi connectivity index (χ3v) is 1.75. The Morgan fingerprint density at radius 2 is 2.36 bits per heavy atom. The second-order valence-corrected chi connectivity index (χ2v) is 2.72. The van der Waals surface area contributed by atoms with Gasteiger partial charge in [0, 0.05) is 0 Å². The van der Waals surface area contributed by atoms with Crippen LogP contribution in [0.4, 0.5) is 10.3 Å². The molecule has 1 aromatic rings. The van der Waals surface area contributed by atoms with Crippen molar-refractivity contribution >= 4 is 17.7 Å². The molecule has 11 heavy (non-hydrogen) atoms. The molecule has 0 bridgehead atoms. The molecule has 60 valence electrons. The fourth-order valence-corrected chi connectivity index (χ4v) is 1.10. The van der Waals surface area contributed by atoms with Crippen LogP contribution in [0.25, 0.3) is 0 Å². The summed E-state index contributed by atoms with van der Waals surface area (Å²) in [6.45, 7) is -0.597. The smallest absolute Gasteiger partial charge is 0.221 e. The lowest BCUT2D eigenvalue weighted by Crippen LogP contribution is -1.98. The van der Waals surface area contributed by atoms with Crippen LogP contribution in [0.5, 0.6) is 0 Å². The Bertz CT molecular complexity index is 231. The van der Waals surface area contributed by atoms with E-state index in [0.717, 1.165) is 0 Å². The number of nitrogens with zero attached hydrogens (tertiary/aromatic N) is 2. The zero-order valence-corrected chi connectivity index (χ0v) is 6.86. The van der Waals surface area contributed by atoms with Gasteiger partial charge in [0.15, 0.2) is 0 Å². The van der Waals surface area contributed by atoms with Gasteiger partial charge in [0.05, 0.1) is 5.69 Å². The summed E-state index contributed by atoms with van der Waals surface area (Å²) in [5.74, 6) is 0.129. The summed E-state index contributed by atoms with van der Waals surface area (Å²) in [4.78, 5) is 7.54. The molecule has 0 aliphatic heterocycles. The first-order valence-electron chi connectivity index (χ1n) is 2.99. The second kappa shape index (κ2) is 3.52. The SMILES string of the molecule is CSc1cc(CF)nc(N)n1. The predicted octanol–water partition coefficient (Wildman–Crippen LogP) is 1.25. The van der Waals surface area contributed by atoms with E-state index in [0.29, 0.717) is 10.7 Å². The van der Waals surface area contributed by atoms with E-state index >= 15 is 0 Å². The van der Waals surface area contributed by atoms with Crippen molar-refractivity contribution in [2.75, 3.05) is 12.0 Å². The average molecular weight is 173 g/mol. The van der Waals surface area contributed by atoms with Gasteiger partial charge in [-0.1, -0.05) is 0 Å². The van der Waals surface area contributed by atoms with Gasteiger partial charge in [0.2, 0.25) is 5.95 Å². The number of hydrogen-bond acceptors (Lipinski definition) is 4. The van der Waals surface area contributed by atoms with Crippen LogP contribution in [0.1, 0.15) is 5.69 Å². The monoisotopic (exact) mass is 173 g/mol. The third kappa shape index (κ3) is 2.04. The van der Waals surface area contributed by atoms with Gasteiger partial charge in [-0.2, -0.15) is 0 Å². The Labute approximate surface area is 68.2 Å². The van der Waals surface area contributed by atoms with Gasteiger partial charge >= 0.3 is 0 Å². The molecule has 3 nitrogen and oxygen atoms in total. The van der Waals surface area contributed by atoms with Crippen LogP contribution in [0.15, 0.2) is 11.1 Å². The van der Waals surface area contributed by atoms with Crippen molar-refractivity contribution in [1.29, 1.82) is 0 Å². The average Bonchev–Trinajstić information content (AvgIpc) is 2.03. The fourth-order valence-electron chi connectivity index (χ4n) is 0.665. The summed E-state index contributed by atoms with van der Waals surface area (Å²) in [7, 11) is 0. The molecule has 0 atom stereocenters. The number of hydrogen-bond donors (Lipinski definition) is 1. The van der Waals surface area contributed by atoms with Crippen LogP contribution in [0, 0.1) is 0 Å². The molecule has 1 heterocycles. The highest BCUT2D eigenvalue weighted by molar-refractivity contribution is 7.98. The van der Waals surface area contributed by atoms with Crippen LogP contribution in [-0.2, 0) is 6.67 Å².